The second-order valence-corrected chi connectivity index (χ2v) is 11.0. The number of pyridine rings is 2. The summed E-state index contributed by atoms with van der Waals surface area (Å²) in [5.74, 6) is 0. The average molecular weight is 548 g/mol. The third-order valence-corrected chi connectivity index (χ3v) is 8.63. The van der Waals surface area contributed by atoms with Crippen molar-refractivity contribution in [3.63, 3.8) is 0 Å². The van der Waals surface area contributed by atoms with E-state index in [4.69, 9.17) is 9.97 Å². The Morgan fingerprint density at radius 1 is 0.395 bits per heavy atom. The molecule has 200 valence electrons. The first-order chi connectivity index (χ1) is 21.3. The van der Waals surface area contributed by atoms with Crippen molar-refractivity contribution >= 4 is 54.4 Å². The van der Waals surface area contributed by atoms with E-state index in [0.717, 1.165) is 43.8 Å². The number of hydrogen-bond acceptors (Lipinski definition) is 2. The molecule has 0 aliphatic heterocycles. The van der Waals surface area contributed by atoms with Crippen molar-refractivity contribution in [1.29, 1.82) is 0 Å². The molecule has 9 rings (SSSR count). The second-order valence-electron chi connectivity index (χ2n) is 11.0. The van der Waals surface area contributed by atoms with E-state index in [-0.39, 0.29) is 0 Å². The summed E-state index contributed by atoms with van der Waals surface area (Å²) in [4.78, 5) is 9.90. The van der Waals surface area contributed by atoms with Gasteiger partial charge in [0, 0.05) is 49.8 Å². The maximum Gasteiger partial charge on any atom is 0.0795 e. The van der Waals surface area contributed by atoms with E-state index in [9.17, 15) is 0 Å². The van der Waals surface area contributed by atoms with Gasteiger partial charge in [-0.25, -0.2) is 4.98 Å². The summed E-state index contributed by atoms with van der Waals surface area (Å²) in [5.41, 5.74) is 10.1. The number of para-hydroxylation sites is 2. The van der Waals surface area contributed by atoms with E-state index in [2.05, 4.69) is 144 Å². The number of rotatable bonds is 3. The molecule has 0 unspecified atom stereocenters. The standard InChI is InChI=1S/C40H25N3/c1-2-9-29(10-3-1)43-37-15-7-6-11-30(37)35-25-28(20-23-38(35)43)26-16-18-27(19-17-26)36-22-21-34-32-14-8-24-41-39(32)31-12-4-5-13-33(31)40(34)42-36/h1-25H. The maximum absolute atomic E-state index is 5.20. The van der Waals surface area contributed by atoms with Gasteiger partial charge in [0.15, 0.2) is 0 Å². The van der Waals surface area contributed by atoms with Crippen LogP contribution >= 0.6 is 0 Å². The van der Waals surface area contributed by atoms with Gasteiger partial charge in [0.05, 0.1) is 27.8 Å². The minimum Gasteiger partial charge on any atom is -0.309 e. The Bertz CT molecular complexity index is 2450. The van der Waals surface area contributed by atoms with Crippen molar-refractivity contribution in [1.82, 2.24) is 14.5 Å². The quantitative estimate of drug-likeness (QED) is 0.206. The molecule has 6 aromatic carbocycles. The molecule has 3 heteroatoms. The van der Waals surface area contributed by atoms with Gasteiger partial charge in [0.2, 0.25) is 0 Å². The Hall–Kier alpha value is -5.80. The van der Waals surface area contributed by atoms with Crippen LogP contribution in [0.25, 0.3) is 82.5 Å². The van der Waals surface area contributed by atoms with Crippen LogP contribution in [0.3, 0.4) is 0 Å². The zero-order valence-electron chi connectivity index (χ0n) is 23.3. The molecular formula is C40H25N3. The van der Waals surface area contributed by atoms with E-state index in [1.807, 2.05) is 12.3 Å². The van der Waals surface area contributed by atoms with Crippen LogP contribution in [-0.2, 0) is 0 Å². The van der Waals surface area contributed by atoms with Crippen molar-refractivity contribution in [2.75, 3.05) is 0 Å². The highest BCUT2D eigenvalue weighted by Crippen LogP contribution is 2.37. The largest absolute Gasteiger partial charge is 0.309 e. The molecule has 3 nitrogen and oxygen atoms in total. The summed E-state index contributed by atoms with van der Waals surface area (Å²) < 4.78 is 2.35. The molecule has 0 saturated carbocycles. The van der Waals surface area contributed by atoms with Crippen LogP contribution in [0.2, 0.25) is 0 Å². The van der Waals surface area contributed by atoms with Gasteiger partial charge in [-0.1, -0.05) is 97.1 Å². The summed E-state index contributed by atoms with van der Waals surface area (Å²) in [5, 5.41) is 7.04. The van der Waals surface area contributed by atoms with Gasteiger partial charge in [0.1, 0.15) is 0 Å². The van der Waals surface area contributed by atoms with Gasteiger partial charge in [0.25, 0.3) is 0 Å². The molecule has 0 N–H and O–H groups in total. The molecule has 0 aliphatic carbocycles. The molecular weight excluding hydrogens is 522 g/mol. The highest BCUT2D eigenvalue weighted by molar-refractivity contribution is 6.23. The SMILES string of the molecule is c1ccc(-n2c3ccccc3c3cc(-c4ccc(-c5ccc6c7cccnc7c7ccccc7c6n5)cc4)ccc32)cc1. The summed E-state index contributed by atoms with van der Waals surface area (Å²) in [6.45, 7) is 0. The fourth-order valence-electron chi connectivity index (χ4n) is 6.62. The molecule has 0 spiro atoms. The first-order valence-corrected chi connectivity index (χ1v) is 14.6. The van der Waals surface area contributed by atoms with Crippen LogP contribution in [0.15, 0.2) is 152 Å². The molecule has 0 fully saturated rings. The fraction of sp³-hybridized carbons (Fsp3) is 0. The Morgan fingerprint density at radius 2 is 1.00 bits per heavy atom. The molecule has 43 heavy (non-hydrogen) atoms. The zero-order valence-corrected chi connectivity index (χ0v) is 23.3. The number of fused-ring (bicyclic) bond motifs is 9. The van der Waals surface area contributed by atoms with E-state index in [1.54, 1.807) is 0 Å². The lowest BCUT2D eigenvalue weighted by molar-refractivity contribution is 1.18. The van der Waals surface area contributed by atoms with Crippen LogP contribution in [0.1, 0.15) is 0 Å². The van der Waals surface area contributed by atoms with Crippen LogP contribution in [0, 0.1) is 0 Å². The van der Waals surface area contributed by atoms with Gasteiger partial charge in [-0.05, 0) is 59.7 Å². The highest BCUT2D eigenvalue weighted by Gasteiger charge is 2.14. The lowest BCUT2D eigenvalue weighted by Gasteiger charge is -2.11. The van der Waals surface area contributed by atoms with Gasteiger partial charge in [-0.2, -0.15) is 0 Å². The number of nitrogens with zero attached hydrogens (tertiary/aromatic N) is 3. The molecule has 3 heterocycles. The average Bonchev–Trinajstić information content (AvgIpc) is 3.42. The third kappa shape index (κ3) is 3.68. The van der Waals surface area contributed by atoms with Crippen molar-refractivity contribution in [3.8, 4) is 28.1 Å². The number of aromatic nitrogens is 3. The molecule has 0 aliphatic rings. The van der Waals surface area contributed by atoms with Crippen LogP contribution in [-0.4, -0.2) is 14.5 Å². The third-order valence-electron chi connectivity index (χ3n) is 8.63. The normalized spacial score (nSPS) is 11.7. The van der Waals surface area contributed by atoms with Crippen molar-refractivity contribution in [2.45, 2.75) is 0 Å². The summed E-state index contributed by atoms with van der Waals surface area (Å²) in [7, 11) is 0. The first-order valence-electron chi connectivity index (χ1n) is 14.6. The molecule has 0 amide bonds. The number of hydrogen-bond donors (Lipinski definition) is 0. The first kappa shape index (κ1) is 23.9. The fourth-order valence-corrected chi connectivity index (χ4v) is 6.62. The summed E-state index contributed by atoms with van der Waals surface area (Å²) in [6, 6.07) is 51.8. The van der Waals surface area contributed by atoms with Crippen LogP contribution in [0.5, 0.6) is 0 Å². The second kappa shape index (κ2) is 9.37. The van der Waals surface area contributed by atoms with Gasteiger partial charge in [-0.15, -0.1) is 0 Å². The predicted molar refractivity (Wildman–Crippen MR) is 180 cm³/mol. The predicted octanol–water partition coefficient (Wildman–Crippen LogP) is 10.4. The minimum atomic E-state index is 0.967. The molecule has 0 saturated heterocycles. The highest BCUT2D eigenvalue weighted by atomic mass is 15.0. The monoisotopic (exact) mass is 547 g/mol. The van der Waals surface area contributed by atoms with Gasteiger partial charge in [-0.3, -0.25) is 4.98 Å². The molecule has 0 atom stereocenters. The van der Waals surface area contributed by atoms with Crippen molar-refractivity contribution in [2.24, 2.45) is 0 Å². The van der Waals surface area contributed by atoms with Crippen LogP contribution in [0.4, 0.5) is 0 Å². The molecule has 3 aromatic heterocycles. The van der Waals surface area contributed by atoms with Gasteiger partial charge >= 0.3 is 0 Å². The maximum atomic E-state index is 5.20. The Labute approximate surface area is 248 Å². The Kier molecular flexibility index (Phi) is 5.20. The molecule has 0 bridgehead atoms. The van der Waals surface area contributed by atoms with E-state index in [1.165, 1.54) is 38.6 Å². The summed E-state index contributed by atoms with van der Waals surface area (Å²) >= 11 is 0. The van der Waals surface area contributed by atoms with E-state index in [0.29, 0.717) is 0 Å². The minimum absolute atomic E-state index is 0.967. The van der Waals surface area contributed by atoms with Crippen molar-refractivity contribution in [3.05, 3.63) is 152 Å². The number of benzene rings is 6. The zero-order chi connectivity index (χ0) is 28.3. The smallest absolute Gasteiger partial charge is 0.0795 e. The van der Waals surface area contributed by atoms with E-state index >= 15 is 0 Å². The Morgan fingerprint density at radius 3 is 1.81 bits per heavy atom. The van der Waals surface area contributed by atoms with E-state index < -0.39 is 0 Å². The molecule has 9 aromatic rings. The van der Waals surface area contributed by atoms with Crippen LogP contribution < -0.4 is 0 Å². The van der Waals surface area contributed by atoms with Crippen molar-refractivity contribution < 1.29 is 0 Å². The summed E-state index contributed by atoms with van der Waals surface area (Å²) in [6.07, 6.45) is 1.86. The molecule has 0 radical (unpaired) electrons. The van der Waals surface area contributed by atoms with Gasteiger partial charge < -0.3 is 4.57 Å². The topological polar surface area (TPSA) is 30.7 Å². The Balaban J connectivity index is 1.15. The lowest BCUT2D eigenvalue weighted by Crippen LogP contribution is -1.92. The lowest BCUT2D eigenvalue weighted by atomic mass is 9.98.